The first-order valence-corrected chi connectivity index (χ1v) is 8.35. The normalized spacial score (nSPS) is 19.9. The van der Waals surface area contributed by atoms with Crippen LogP contribution in [-0.4, -0.2) is 29.5 Å². The monoisotopic (exact) mass is 361 g/mol. The van der Waals surface area contributed by atoms with E-state index in [2.05, 4.69) is 15.2 Å². The Bertz CT molecular complexity index is 674. The maximum absolute atomic E-state index is 12.7. The van der Waals surface area contributed by atoms with Gasteiger partial charge in [0.2, 0.25) is 0 Å². The van der Waals surface area contributed by atoms with Crippen molar-refractivity contribution in [1.82, 2.24) is 15.2 Å². The minimum Gasteiger partial charge on any atom is -0.314 e. The number of piperazine rings is 1. The van der Waals surface area contributed by atoms with Crippen molar-refractivity contribution < 1.29 is 13.2 Å². The molecule has 2 aromatic rings. The Balaban J connectivity index is 1.78. The highest BCUT2D eigenvalue weighted by Crippen LogP contribution is 2.34. The molecular weight excluding hydrogens is 347 g/mol. The van der Waals surface area contributed by atoms with E-state index >= 15 is 0 Å². The van der Waals surface area contributed by atoms with Crippen molar-refractivity contribution in [3.63, 3.8) is 0 Å². The molecule has 1 unspecified atom stereocenters. The number of thiazole rings is 1. The van der Waals surface area contributed by atoms with Crippen molar-refractivity contribution in [3.8, 4) is 0 Å². The van der Waals surface area contributed by atoms with Crippen LogP contribution in [0.5, 0.6) is 0 Å². The molecular formula is C15H15ClF3N3S. The molecule has 8 heteroatoms. The zero-order chi connectivity index (χ0) is 16.4. The average molecular weight is 362 g/mol. The lowest BCUT2D eigenvalue weighted by molar-refractivity contribution is -0.134. The summed E-state index contributed by atoms with van der Waals surface area (Å²) in [5, 5.41) is 4.45. The van der Waals surface area contributed by atoms with Gasteiger partial charge in [0.05, 0.1) is 12.7 Å². The largest absolute Gasteiger partial charge is 0.427 e. The van der Waals surface area contributed by atoms with E-state index in [1.54, 1.807) is 0 Å². The van der Waals surface area contributed by atoms with Gasteiger partial charge >= 0.3 is 6.18 Å². The molecule has 1 aliphatic rings. The van der Waals surface area contributed by atoms with Gasteiger partial charge in [-0.2, -0.15) is 13.2 Å². The molecule has 23 heavy (non-hydrogen) atoms. The van der Waals surface area contributed by atoms with Gasteiger partial charge in [-0.05, 0) is 17.7 Å². The van der Waals surface area contributed by atoms with Crippen molar-refractivity contribution in [2.24, 2.45) is 0 Å². The highest BCUT2D eigenvalue weighted by atomic mass is 35.5. The third kappa shape index (κ3) is 4.03. The molecule has 3 rings (SSSR count). The minimum atomic E-state index is -4.33. The summed E-state index contributed by atoms with van der Waals surface area (Å²) < 4.78 is 38.1. The van der Waals surface area contributed by atoms with Gasteiger partial charge in [0, 0.05) is 30.7 Å². The summed E-state index contributed by atoms with van der Waals surface area (Å²) in [5.41, 5.74) is 1.05. The minimum absolute atomic E-state index is 0.0701. The number of benzene rings is 1. The number of hydrogen-bond acceptors (Lipinski definition) is 4. The fraction of sp³-hybridized carbons (Fsp3) is 0.400. The lowest BCUT2D eigenvalue weighted by Gasteiger charge is -2.36. The third-order valence-electron chi connectivity index (χ3n) is 3.76. The Morgan fingerprint density at radius 2 is 2.22 bits per heavy atom. The standard InChI is InChI=1S/C15H15ClF3N3S/c16-11-3-1-2-10(6-11)12-7-20-4-5-22(12)9-14-21-8-13(23-14)15(17,18)19/h1-3,6,8,12,20H,4-5,7,9H2. The Kier molecular flexibility index (Phi) is 4.91. The number of hydrogen-bond donors (Lipinski definition) is 1. The number of nitrogens with zero attached hydrogens (tertiary/aromatic N) is 2. The Morgan fingerprint density at radius 1 is 1.39 bits per heavy atom. The molecule has 1 aliphatic heterocycles. The molecule has 0 radical (unpaired) electrons. The predicted octanol–water partition coefficient (Wildman–Crippen LogP) is 3.96. The summed E-state index contributed by atoms with van der Waals surface area (Å²) >= 11 is 6.76. The van der Waals surface area contributed by atoms with E-state index in [-0.39, 0.29) is 6.04 Å². The third-order valence-corrected chi connectivity index (χ3v) is 5.02. The summed E-state index contributed by atoms with van der Waals surface area (Å²) in [4.78, 5) is 5.42. The van der Waals surface area contributed by atoms with Gasteiger partial charge in [-0.3, -0.25) is 4.90 Å². The molecule has 1 aromatic heterocycles. The van der Waals surface area contributed by atoms with Crippen molar-refractivity contribution in [2.45, 2.75) is 18.8 Å². The Morgan fingerprint density at radius 3 is 2.91 bits per heavy atom. The maximum atomic E-state index is 12.7. The van der Waals surface area contributed by atoms with Crippen LogP contribution in [0.15, 0.2) is 30.5 Å². The maximum Gasteiger partial charge on any atom is 0.427 e. The first kappa shape index (κ1) is 16.7. The van der Waals surface area contributed by atoms with Gasteiger partial charge in [-0.15, -0.1) is 11.3 Å². The summed E-state index contributed by atoms with van der Waals surface area (Å²) in [7, 11) is 0. The second-order valence-corrected chi connectivity index (χ2v) is 6.91. The van der Waals surface area contributed by atoms with Gasteiger partial charge < -0.3 is 5.32 Å². The van der Waals surface area contributed by atoms with Gasteiger partial charge in [-0.1, -0.05) is 23.7 Å². The molecule has 124 valence electrons. The highest BCUT2D eigenvalue weighted by Gasteiger charge is 2.34. The molecule has 0 aliphatic carbocycles. The summed E-state index contributed by atoms with van der Waals surface area (Å²) in [6.07, 6.45) is -3.41. The molecule has 1 aromatic carbocycles. The van der Waals surface area contributed by atoms with Crippen LogP contribution < -0.4 is 5.32 Å². The van der Waals surface area contributed by atoms with Crippen LogP contribution in [0.25, 0.3) is 0 Å². The molecule has 1 N–H and O–H groups in total. The van der Waals surface area contributed by atoms with E-state index in [0.29, 0.717) is 27.9 Å². The lowest BCUT2D eigenvalue weighted by atomic mass is 10.0. The SMILES string of the molecule is FC(F)(F)c1cnc(CN2CCNCC2c2cccc(Cl)c2)s1. The second-order valence-electron chi connectivity index (χ2n) is 5.36. The van der Waals surface area contributed by atoms with E-state index < -0.39 is 11.1 Å². The van der Waals surface area contributed by atoms with Crippen LogP contribution in [-0.2, 0) is 12.7 Å². The number of halogens is 4. The second kappa shape index (κ2) is 6.76. The Labute approximate surface area is 141 Å². The molecule has 1 fully saturated rings. The fourth-order valence-corrected chi connectivity index (χ4v) is 3.68. The number of rotatable bonds is 3. The molecule has 0 amide bonds. The summed E-state index contributed by atoms with van der Waals surface area (Å²) in [6, 6.07) is 7.65. The van der Waals surface area contributed by atoms with Crippen LogP contribution >= 0.6 is 22.9 Å². The number of alkyl halides is 3. The van der Waals surface area contributed by atoms with E-state index in [0.717, 1.165) is 31.4 Å². The quantitative estimate of drug-likeness (QED) is 0.896. The zero-order valence-electron chi connectivity index (χ0n) is 12.1. The van der Waals surface area contributed by atoms with Crippen LogP contribution in [0.3, 0.4) is 0 Å². The van der Waals surface area contributed by atoms with E-state index in [1.807, 2.05) is 24.3 Å². The lowest BCUT2D eigenvalue weighted by Crippen LogP contribution is -2.45. The first-order chi connectivity index (χ1) is 10.9. The van der Waals surface area contributed by atoms with Gasteiger partial charge in [0.15, 0.2) is 0 Å². The highest BCUT2D eigenvalue weighted by molar-refractivity contribution is 7.11. The number of nitrogens with one attached hydrogen (secondary N) is 1. The van der Waals surface area contributed by atoms with Crippen molar-refractivity contribution in [3.05, 3.63) is 50.9 Å². The average Bonchev–Trinajstić information content (AvgIpc) is 2.96. The van der Waals surface area contributed by atoms with E-state index in [4.69, 9.17) is 11.6 Å². The fourth-order valence-electron chi connectivity index (χ4n) is 2.67. The number of aromatic nitrogens is 1. The van der Waals surface area contributed by atoms with Crippen LogP contribution in [0.4, 0.5) is 13.2 Å². The molecule has 1 atom stereocenters. The van der Waals surface area contributed by atoms with Crippen molar-refractivity contribution >= 4 is 22.9 Å². The van der Waals surface area contributed by atoms with Crippen molar-refractivity contribution in [2.75, 3.05) is 19.6 Å². The van der Waals surface area contributed by atoms with Gasteiger partial charge in [0.25, 0.3) is 0 Å². The Hall–Kier alpha value is -1.15. The van der Waals surface area contributed by atoms with E-state index in [9.17, 15) is 13.2 Å². The predicted molar refractivity (Wildman–Crippen MR) is 84.6 cm³/mol. The molecule has 1 saturated heterocycles. The van der Waals surface area contributed by atoms with Gasteiger partial charge in [-0.25, -0.2) is 4.98 Å². The van der Waals surface area contributed by atoms with Gasteiger partial charge in [0.1, 0.15) is 9.88 Å². The molecule has 3 nitrogen and oxygen atoms in total. The van der Waals surface area contributed by atoms with Crippen LogP contribution in [0.1, 0.15) is 21.5 Å². The van der Waals surface area contributed by atoms with Crippen LogP contribution in [0.2, 0.25) is 5.02 Å². The van der Waals surface area contributed by atoms with Crippen molar-refractivity contribution in [1.29, 1.82) is 0 Å². The topological polar surface area (TPSA) is 28.2 Å². The molecule has 0 spiro atoms. The van der Waals surface area contributed by atoms with Crippen LogP contribution in [0, 0.1) is 0 Å². The molecule has 0 bridgehead atoms. The van der Waals surface area contributed by atoms with E-state index in [1.165, 1.54) is 0 Å². The molecule has 2 heterocycles. The summed E-state index contributed by atoms with van der Waals surface area (Å²) in [5.74, 6) is 0. The first-order valence-electron chi connectivity index (χ1n) is 7.15. The zero-order valence-corrected chi connectivity index (χ0v) is 13.7. The summed E-state index contributed by atoms with van der Waals surface area (Å²) in [6.45, 7) is 2.68. The molecule has 0 saturated carbocycles. The smallest absolute Gasteiger partial charge is 0.314 e.